The molecule has 1 atom stereocenters. The van der Waals surface area contributed by atoms with Crippen LogP contribution in [0.1, 0.15) is 6.92 Å². The van der Waals surface area contributed by atoms with E-state index in [1.54, 1.807) is 6.92 Å². The molecule has 3 aromatic carbocycles. The number of azo groups is 1. The Morgan fingerprint density at radius 2 is 1.90 bits per heavy atom. The van der Waals surface area contributed by atoms with Crippen molar-refractivity contribution in [3.8, 4) is 0 Å². The number of carbonyl (C=O) groups excluding carboxylic acids is 1. The highest BCUT2D eigenvalue weighted by molar-refractivity contribution is 5.94. The molecule has 0 amide bonds. The standard InChI is InChI=1S/C23H23N3O3/c1-16(2)23(28)29-15-20(27)14-24-19-12-11-17-7-6-10-22(21(17)13-19)26-25-18-8-4-3-5-9-18/h3-13,20,24,27H,1,14-15H2,2H3. The molecule has 0 saturated carbocycles. The van der Waals surface area contributed by atoms with Gasteiger partial charge in [-0.15, -0.1) is 5.11 Å². The van der Waals surface area contributed by atoms with E-state index in [-0.39, 0.29) is 13.2 Å². The lowest BCUT2D eigenvalue weighted by Crippen LogP contribution is -2.26. The third-order valence-corrected chi connectivity index (χ3v) is 4.19. The fourth-order valence-electron chi connectivity index (χ4n) is 2.65. The predicted octanol–water partition coefficient (Wildman–Crippen LogP) is 5.15. The van der Waals surface area contributed by atoms with Crippen molar-refractivity contribution in [1.82, 2.24) is 0 Å². The molecule has 3 rings (SSSR count). The molecule has 0 saturated heterocycles. The highest BCUT2D eigenvalue weighted by Gasteiger charge is 2.10. The predicted molar refractivity (Wildman–Crippen MR) is 115 cm³/mol. The minimum absolute atomic E-state index is 0.0944. The second-order valence-electron chi connectivity index (χ2n) is 6.66. The number of aliphatic hydroxyl groups is 1. The van der Waals surface area contributed by atoms with E-state index in [9.17, 15) is 9.90 Å². The van der Waals surface area contributed by atoms with Gasteiger partial charge in [0.15, 0.2) is 0 Å². The molecule has 0 radical (unpaired) electrons. The van der Waals surface area contributed by atoms with Crippen LogP contribution in [0, 0.1) is 0 Å². The Kier molecular flexibility index (Phi) is 6.71. The van der Waals surface area contributed by atoms with Crippen LogP contribution in [0.3, 0.4) is 0 Å². The topological polar surface area (TPSA) is 83.3 Å². The number of nitrogens with zero attached hydrogens (tertiary/aromatic N) is 2. The van der Waals surface area contributed by atoms with E-state index in [0.29, 0.717) is 5.57 Å². The molecular formula is C23H23N3O3. The summed E-state index contributed by atoms with van der Waals surface area (Å²) in [6.45, 7) is 5.22. The van der Waals surface area contributed by atoms with Crippen LogP contribution in [0.15, 0.2) is 89.1 Å². The SMILES string of the molecule is C=C(C)C(=O)OCC(O)CNc1ccc2cccc(N=Nc3ccccc3)c2c1. The number of rotatable bonds is 8. The molecule has 148 valence electrons. The van der Waals surface area contributed by atoms with Gasteiger partial charge < -0.3 is 15.2 Å². The number of hydrogen-bond acceptors (Lipinski definition) is 6. The number of esters is 1. The van der Waals surface area contributed by atoms with Crippen molar-refractivity contribution in [2.24, 2.45) is 10.2 Å². The average molecular weight is 389 g/mol. The zero-order chi connectivity index (χ0) is 20.6. The Morgan fingerprint density at radius 1 is 1.10 bits per heavy atom. The first-order valence-corrected chi connectivity index (χ1v) is 9.27. The molecule has 0 aliphatic rings. The van der Waals surface area contributed by atoms with Crippen LogP contribution in [0.5, 0.6) is 0 Å². The van der Waals surface area contributed by atoms with Crippen molar-refractivity contribution in [2.45, 2.75) is 13.0 Å². The third-order valence-electron chi connectivity index (χ3n) is 4.19. The molecule has 0 aromatic heterocycles. The Balaban J connectivity index is 1.69. The molecule has 0 fully saturated rings. The van der Waals surface area contributed by atoms with E-state index >= 15 is 0 Å². The van der Waals surface area contributed by atoms with Gasteiger partial charge >= 0.3 is 5.97 Å². The fraction of sp³-hybridized carbons (Fsp3) is 0.174. The molecule has 6 heteroatoms. The van der Waals surface area contributed by atoms with Crippen molar-refractivity contribution in [3.63, 3.8) is 0 Å². The van der Waals surface area contributed by atoms with Crippen LogP contribution in [-0.4, -0.2) is 30.3 Å². The number of anilines is 1. The Bertz CT molecular complexity index is 1030. The van der Waals surface area contributed by atoms with Gasteiger partial charge in [0.25, 0.3) is 0 Å². The maximum absolute atomic E-state index is 11.4. The number of hydrogen-bond donors (Lipinski definition) is 2. The van der Waals surface area contributed by atoms with E-state index in [2.05, 4.69) is 22.1 Å². The summed E-state index contributed by atoms with van der Waals surface area (Å²) in [6, 6.07) is 21.3. The van der Waals surface area contributed by atoms with Gasteiger partial charge in [0.05, 0.1) is 11.4 Å². The molecule has 0 aliphatic carbocycles. The number of carbonyl (C=O) groups is 1. The minimum Gasteiger partial charge on any atom is -0.460 e. The van der Waals surface area contributed by atoms with E-state index < -0.39 is 12.1 Å². The first kappa shape index (κ1) is 20.2. The van der Waals surface area contributed by atoms with Crippen molar-refractivity contribution in [3.05, 3.63) is 78.9 Å². The Hall–Kier alpha value is -3.51. The molecule has 0 aliphatic heterocycles. The zero-order valence-electron chi connectivity index (χ0n) is 16.2. The van der Waals surface area contributed by atoms with Crippen LogP contribution in [0.25, 0.3) is 10.8 Å². The molecule has 0 bridgehead atoms. The van der Waals surface area contributed by atoms with Crippen LogP contribution in [0.4, 0.5) is 17.1 Å². The molecule has 1 unspecified atom stereocenters. The van der Waals surface area contributed by atoms with E-state index in [1.807, 2.05) is 66.7 Å². The van der Waals surface area contributed by atoms with Crippen molar-refractivity contribution >= 4 is 33.8 Å². The van der Waals surface area contributed by atoms with Crippen LogP contribution in [0.2, 0.25) is 0 Å². The van der Waals surface area contributed by atoms with Crippen molar-refractivity contribution in [1.29, 1.82) is 0 Å². The quantitative estimate of drug-likeness (QED) is 0.317. The molecule has 2 N–H and O–H groups in total. The van der Waals surface area contributed by atoms with Gasteiger partial charge in [0, 0.05) is 23.2 Å². The van der Waals surface area contributed by atoms with Gasteiger partial charge in [-0.3, -0.25) is 0 Å². The Morgan fingerprint density at radius 3 is 2.66 bits per heavy atom. The summed E-state index contributed by atoms with van der Waals surface area (Å²) in [5.41, 5.74) is 2.67. The maximum Gasteiger partial charge on any atom is 0.333 e. The van der Waals surface area contributed by atoms with Crippen molar-refractivity contribution < 1.29 is 14.6 Å². The average Bonchev–Trinajstić information content (AvgIpc) is 2.75. The van der Waals surface area contributed by atoms with E-state index in [1.165, 1.54) is 0 Å². The molecule has 6 nitrogen and oxygen atoms in total. The lowest BCUT2D eigenvalue weighted by atomic mass is 10.1. The molecular weight excluding hydrogens is 366 g/mol. The van der Waals surface area contributed by atoms with Gasteiger partial charge in [-0.05, 0) is 42.6 Å². The molecule has 29 heavy (non-hydrogen) atoms. The van der Waals surface area contributed by atoms with Crippen LogP contribution >= 0.6 is 0 Å². The van der Waals surface area contributed by atoms with Crippen molar-refractivity contribution in [2.75, 3.05) is 18.5 Å². The summed E-state index contributed by atoms with van der Waals surface area (Å²) in [4.78, 5) is 11.4. The largest absolute Gasteiger partial charge is 0.460 e. The smallest absolute Gasteiger partial charge is 0.333 e. The highest BCUT2D eigenvalue weighted by Crippen LogP contribution is 2.30. The number of nitrogens with one attached hydrogen (secondary N) is 1. The summed E-state index contributed by atoms with van der Waals surface area (Å²) in [6.07, 6.45) is -0.831. The van der Waals surface area contributed by atoms with Gasteiger partial charge in [-0.1, -0.05) is 43.0 Å². The molecule has 3 aromatic rings. The number of benzene rings is 3. The highest BCUT2D eigenvalue weighted by atomic mass is 16.5. The summed E-state index contributed by atoms with van der Waals surface area (Å²) in [7, 11) is 0. The summed E-state index contributed by atoms with van der Waals surface area (Å²) < 4.78 is 4.96. The molecule has 0 heterocycles. The Labute approximate surface area is 169 Å². The molecule has 0 spiro atoms. The van der Waals surface area contributed by atoms with Crippen LogP contribution in [-0.2, 0) is 9.53 Å². The number of aliphatic hydroxyl groups excluding tert-OH is 1. The van der Waals surface area contributed by atoms with Gasteiger partial charge in [-0.2, -0.15) is 5.11 Å². The fourth-order valence-corrected chi connectivity index (χ4v) is 2.65. The number of ether oxygens (including phenoxy) is 1. The summed E-state index contributed by atoms with van der Waals surface area (Å²) in [5, 5.41) is 23.8. The first-order chi connectivity index (χ1) is 14.0. The lowest BCUT2D eigenvalue weighted by molar-refractivity contribution is -0.141. The normalized spacial score (nSPS) is 12.1. The lowest BCUT2D eigenvalue weighted by Gasteiger charge is -2.14. The second-order valence-corrected chi connectivity index (χ2v) is 6.66. The van der Waals surface area contributed by atoms with Gasteiger partial charge in [-0.25, -0.2) is 4.79 Å². The van der Waals surface area contributed by atoms with Gasteiger partial charge in [0.1, 0.15) is 12.7 Å². The van der Waals surface area contributed by atoms with E-state index in [4.69, 9.17) is 4.74 Å². The maximum atomic E-state index is 11.4. The second kappa shape index (κ2) is 9.61. The summed E-state index contributed by atoms with van der Waals surface area (Å²) in [5.74, 6) is -0.511. The first-order valence-electron chi connectivity index (χ1n) is 9.27. The van der Waals surface area contributed by atoms with Crippen LogP contribution < -0.4 is 5.32 Å². The number of fused-ring (bicyclic) bond motifs is 1. The third kappa shape index (κ3) is 5.73. The summed E-state index contributed by atoms with van der Waals surface area (Å²) >= 11 is 0. The van der Waals surface area contributed by atoms with E-state index in [0.717, 1.165) is 27.8 Å². The zero-order valence-corrected chi connectivity index (χ0v) is 16.2. The monoisotopic (exact) mass is 389 g/mol. The minimum atomic E-state index is -0.831. The van der Waals surface area contributed by atoms with Gasteiger partial charge in [0.2, 0.25) is 0 Å².